The molecule has 0 aliphatic carbocycles. The van der Waals surface area contributed by atoms with E-state index in [2.05, 4.69) is 9.26 Å². The highest BCUT2D eigenvalue weighted by Crippen LogP contribution is 2.41. The van der Waals surface area contributed by atoms with Gasteiger partial charge in [-0.25, -0.2) is 4.57 Å². The Morgan fingerprint density at radius 3 is 1.87 bits per heavy atom. The molecule has 0 aromatic heterocycles. The minimum absolute atomic E-state index is 0.191. The Bertz CT molecular complexity index is 762. The third-order valence-corrected chi connectivity index (χ3v) is 6.99. The van der Waals surface area contributed by atoms with Crippen molar-refractivity contribution in [1.82, 2.24) is 0 Å². The lowest BCUT2D eigenvalue weighted by atomic mass is 9.97. The molecule has 230 valence electrons. The van der Waals surface area contributed by atoms with Gasteiger partial charge in [-0.3, -0.25) is 9.32 Å². The number of carbonyl (C=O) groups is 1. The molecule has 2 aliphatic rings. The highest BCUT2D eigenvalue weighted by atomic mass is 31.2. The second kappa shape index (κ2) is 16.6. The van der Waals surface area contributed by atoms with Crippen LogP contribution in [0.2, 0.25) is 0 Å². The number of esters is 1. The van der Waals surface area contributed by atoms with Crippen LogP contribution in [0.15, 0.2) is 0 Å². The number of carbonyl (C=O) groups excluding carboxylic acids is 1. The Balaban J connectivity index is 1.84. The second-order valence-corrected chi connectivity index (χ2v) is 10.6. The van der Waals surface area contributed by atoms with Crippen molar-refractivity contribution < 1.29 is 78.0 Å². The van der Waals surface area contributed by atoms with Crippen LogP contribution in [0.4, 0.5) is 0 Å². The molecule has 10 atom stereocenters. The second-order valence-electron chi connectivity index (χ2n) is 9.39. The number of aliphatic hydroxyl groups excluding tert-OH is 6. The van der Waals surface area contributed by atoms with Gasteiger partial charge in [-0.05, 0) is 12.8 Å². The van der Waals surface area contributed by atoms with Crippen molar-refractivity contribution in [2.24, 2.45) is 0 Å². The van der Waals surface area contributed by atoms with Crippen LogP contribution in [0, 0.1) is 0 Å². The summed E-state index contributed by atoms with van der Waals surface area (Å²) in [4.78, 5) is 29.1. The molecule has 2 fully saturated rings. The van der Waals surface area contributed by atoms with Crippen molar-refractivity contribution in [3.8, 4) is 0 Å². The van der Waals surface area contributed by atoms with Crippen LogP contribution in [0.5, 0.6) is 0 Å². The van der Waals surface area contributed by atoms with E-state index in [0.717, 1.165) is 32.1 Å². The summed E-state index contributed by atoms with van der Waals surface area (Å²) in [5.41, 5.74) is 0. The minimum atomic E-state index is -5.13. The van der Waals surface area contributed by atoms with E-state index >= 15 is 0 Å². The summed E-state index contributed by atoms with van der Waals surface area (Å²) < 4.78 is 42.1. The van der Waals surface area contributed by atoms with Gasteiger partial charge < -0.3 is 64.1 Å². The summed E-state index contributed by atoms with van der Waals surface area (Å²) in [5, 5.41) is 61.1. The van der Waals surface area contributed by atoms with Gasteiger partial charge >= 0.3 is 13.8 Å². The first-order valence-electron chi connectivity index (χ1n) is 12.8. The maximum atomic E-state index is 11.2. The lowest BCUT2D eigenvalue weighted by Gasteiger charge is -2.46. The molecule has 0 aromatic rings. The topological polar surface area (TPSA) is 251 Å². The summed E-state index contributed by atoms with van der Waals surface area (Å²) in [6, 6.07) is 0. The first kappa shape index (κ1) is 34.4. The molecule has 0 radical (unpaired) electrons. The standard InChI is InChI=1S/C22H41O16P/c1-33-14(25)8-6-4-2-3-5-7-9-34-21-17(28)15(26)19(12(10-23)35-21)37-22-18(29)16(27)20(13(11-24)36-22)38-39(30,31)32/h12-13,15-24,26-29H,2-11H2,1H3,(H2,30,31,32)/t12-,13-,15-,16-,17-,18-,19-,20+,21-,22+/m1/s1. The number of rotatable bonds is 16. The van der Waals surface area contributed by atoms with Crippen molar-refractivity contribution in [1.29, 1.82) is 0 Å². The average Bonchev–Trinajstić information content (AvgIpc) is 2.89. The molecule has 2 saturated heterocycles. The maximum Gasteiger partial charge on any atom is 0.470 e. The van der Waals surface area contributed by atoms with Gasteiger partial charge in [-0.2, -0.15) is 0 Å². The minimum Gasteiger partial charge on any atom is -0.469 e. The number of unbranched alkanes of at least 4 members (excludes halogenated alkanes) is 5. The zero-order chi connectivity index (χ0) is 29.2. The third-order valence-electron chi connectivity index (χ3n) is 6.48. The molecule has 0 amide bonds. The van der Waals surface area contributed by atoms with Crippen LogP contribution in [0.3, 0.4) is 0 Å². The molecule has 2 aliphatic heterocycles. The SMILES string of the molecule is COC(=O)CCCCCCCCO[C@@H]1O[C@H](CO)[C@@H](O[C@@H]2O[C@H](CO)[C@H](OP(=O)(O)O)[C@H](O)[C@H]2O)[C@H](O)[C@H]1O. The summed E-state index contributed by atoms with van der Waals surface area (Å²) >= 11 is 0. The zero-order valence-corrected chi connectivity index (χ0v) is 22.5. The third kappa shape index (κ3) is 10.5. The quantitative estimate of drug-likeness (QED) is 0.0530. The normalized spacial score (nSPS) is 35.6. The molecule has 0 bridgehead atoms. The number of hydrogen-bond acceptors (Lipinski definition) is 14. The van der Waals surface area contributed by atoms with Crippen LogP contribution in [-0.4, -0.2) is 135 Å². The van der Waals surface area contributed by atoms with E-state index < -0.39 is 82.4 Å². The van der Waals surface area contributed by atoms with Crippen molar-refractivity contribution in [3.05, 3.63) is 0 Å². The van der Waals surface area contributed by atoms with E-state index in [9.17, 15) is 40.0 Å². The molecular weight excluding hydrogens is 551 g/mol. The average molecular weight is 593 g/mol. The number of ether oxygens (including phenoxy) is 5. The number of methoxy groups -OCH3 is 1. The fourth-order valence-corrected chi connectivity index (χ4v) is 4.92. The lowest BCUT2D eigenvalue weighted by molar-refractivity contribution is -0.358. The molecule has 0 aromatic carbocycles. The van der Waals surface area contributed by atoms with E-state index in [0.29, 0.717) is 12.8 Å². The van der Waals surface area contributed by atoms with Crippen molar-refractivity contribution in [3.63, 3.8) is 0 Å². The van der Waals surface area contributed by atoms with Gasteiger partial charge in [0.2, 0.25) is 0 Å². The van der Waals surface area contributed by atoms with E-state index in [1.165, 1.54) is 7.11 Å². The maximum absolute atomic E-state index is 11.2. The Labute approximate surface area is 225 Å². The van der Waals surface area contributed by atoms with Crippen molar-refractivity contribution in [2.75, 3.05) is 26.9 Å². The molecule has 2 rings (SSSR count). The van der Waals surface area contributed by atoms with Crippen molar-refractivity contribution >= 4 is 13.8 Å². The summed E-state index contributed by atoms with van der Waals surface area (Å²) in [6.45, 7) is -1.39. The Morgan fingerprint density at radius 1 is 0.769 bits per heavy atom. The monoisotopic (exact) mass is 592 g/mol. The molecule has 0 spiro atoms. The molecule has 2 heterocycles. The van der Waals surface area contributed by atoms with Gasteiger partial charge in [0.1, 0.15) is 48.8 Å². The smallest absolute Gasteiger partial charge is 0.469 e. The lowest BCUT2D eigenvalue weighted by Crippen LogP contribution is -2.65. The fourth-order valence-electron chi connectivity index (χ4n) is 4.35. The highest BCUT2D eigenvalue weighted by molar-refractivity contribution is 7.46. The molecule has 0 saturated carbocycles. The van der Waals surface area contributed by atoms with E-state index in [-0.39, 0.29) is 12.6 Å². The molecule has 17 heteroatoms. The van der Waals surface area contributed by atoms with Crippen LogP contribution in [0.25, 0.3) is 0 Å². The molecular formula is C22H41O16P. The fraction of sp³-hybridized carbons (Fsp3) is 0.955. The molecule has 16 nitrogen and oxygen atoms in total. The van der Waals surface area contributed by atoms with E-state index in [1.54, 1.807) is 0 Å². The first-order chi connectivity index (χ1) is 18.4. The van der Waals surface area contributed by atoms with E-state index in [1.807, 2.05) is 0 Å². The Hall–Kier alpha value is -0.820. The van der Waals surface area contributed by atoms with Gasteiger partial charge in [0.25, 0.3) is 0 Å². The van der Waals surface area contributed by atoms with E-state index in [4.69, 9.17) is 28.7 Å². The molecule has 8 N–H and O–H groups in total. The summed E-state index contributed by atoms with van der Waals surface area (Å²) in [6.07, 6.45) is -11.1. The van der Waals surface area contributed by atoms with Gasteiger partial charge in [-0.1, -0.05) is 25.7 Å². The molecule has 39 heavy (non-hydrogen) atoms. The number of phosphoric acid groups is 1. The summed E-state index contributed by atoms with van der Waals surface area (Å²) in [7, 11) is -3.78. The van der Waals surface area contributed by atoms with Crippen molar-refractivity contribution in [2.45, 2.75) is 106 Å². The predicted molar refractivity (Wildman–Crippen MR) is 128 cm³/mol. The van der Waals surface area contributed by atoms with Gasteiger partial charge in [0.15, 0.2) is 12.6 Å². The van der Waals surface area contributed by atoms with Gasteiger partial charge in [0.05, 0.1) is 20.3 Å². The predicted octanol–water partition coefficient (Wildman–Crippen LogP) is -2.35. The van der Waals surface area contributed by atoms with Crippen LogP contribution in [-0.2, 0) is 37.6 Å². The Morgan fingerprint density at radius 2 is 1.28 bits per heavy atom. The largest absolute Gasteiger partial charge is 0.470 e. The number of phosphoric ester groups is 1. The van der Waals surface area contributed by atoms with Gasteiger partial charge in [0, 0.05) is 13.0 Å². The first-order valence-corrected chi connectivity index (χ1v) is 14.3. The summed E-state index contributed by atoms with van der Waals surface area (Å²) in [5.74, 6) is -0.235. The van der Waals surface area contributed by atoms with Crippen LogP contribution in [0.1, 0.15) is 44.9 Å². The number of hydrogen-bond donors (Lipinski definition) is 8. The van der Waals surface area contributed by atoms with Gasteiger partial charge in [-0.15, -0.1) is 0 Å². The zero-order valence-electron chi connectivity index (χ0n) is 21.6. The highest BCUT2D eigenvalue weighted by Gasteiger charge is 2.52. The number of aliphatic hydroxyl groups is 6. The molecule has 0 unspecified atom stereocenters. The Kier molecular flexibility index (Phi) is 14.6. The van der Waals surface area contributed by atoms with Crippen LogP contribution >= 0.6 is 7.82 Å². The van der Waals surface area contributed by atoms with Crippen LogP contribution < -0.4 is 0 Å².